The molecule has 1 aliphatic rings. The first-order chi connectivity index (χ1) is 5.24. The van der Waals surface area contributed by atoms with Crippen molar-refractivity contribution in [3.63, 3.8) is 0 Å². The summed E-state index contributed by atoms with van der Waals surface area (Å²) in [5.74, 6) is 0.984. The minimum absolute atomic E-state index is 0.0367. The molecule has 0 spiro atoms. The van der Waals surface area contributed by atoms with E-state index in [9.17, 15) is 0 Å². The molecule has 0 amide bonds. The molecule has 0 unspecified atom stereocenters. The fourth-order valence-electron chi connectivity index (χ4n) is 0.206. The zero-order valence-electron chi connectivity index (χ0n) is 5.97. The van der Waals surface area contributed by atoms with E-state index >= 15 is 0 Å². The Kier molecular flexibility index (Phi) is 7.97. The summed E-state index contributed by atoms with van der Waals surface area (Å²) in [5, 5.41) is 7.85. The number of epoxide rings is 1. The molecule has 0 bridgehead atoms. The highest BCUT2D eigenvalue weighted by atomic mass is 35.5. The van der Waals surface area contributed by atoms with Crippen LogP contribution in [0.15, 0.2) is 0 Å². The largest absolute Gasteiger partial charge is 0.395 e. The van der Waals surface area contributed by atoms with Gasteiger partial charge in [-0.15, -0.1) is 34.8 Å². The molecule has 2 atom stereocenters. The average Bonchev–Trinajstić information content (AvgIpc) is 2.86. The van der Waals surface area contributed by atoms with Gasteiger partial charge in [0.1, 0.15) is 0 Å². The maximum absolute atomic E-state index is 8.12. The van der Waals surface area contributed by atoms with Gasteiger partial charge in [-0.3, -0.25) is 0 Å². The third-order valence-corrected chi connectivity index (χ3v) is 2.11. The Morgan fingerprint density at radius 1 is 1.55 bits per heavy atom. The summed E-state index contributed by atoms with van der Waals surface area (Å²) in [6.45, 7) is 0.842. The summed E-state index contributed by atoms with van der Waals surface area (Å²) in [6, 6.07) is 0. The zero-order chi connectivity index (χ0) is 8.69. The molecule has 1 rings (SSSR count). The van der Waals surface area contributed by atoms with Crippen LogP contribution in [0.4, 0.5) is 0 Å². The van der Waals surface area contributed by atoms with Gasteiger partial charge in [0.15, 0.2) is 0 Å². The number of aliphatic hydroxyl groups is 1. The third kappa shape index (κ3) is 8.70. The molecule has 11 heavy (non-hydrogen) atoms. The van der Waals surface area contributed by atoms with E-state index in [0.29, 0.717) is 17.9 Å². The van der Waals surface area contributed by atoms with Crippen LogP contribution in [0.5, 0.6) is 0 Å². The standard InChI is InChI=1S/C3H6Cl2O.C3H5ClO/c4-1-3(5)2-6;4-1-3-2-5-3/h3,6H,1-2H2;3H,1-2H2/t2*3-/m10/s1. The van der Waals surface area contributed by atoms with Crippen LogP contribution in [0.3, 0.4) is 0 Å². The van der Waals surface area contributed by atoms with Gasteiger partial charge in [0.25, 0.3) is 0 Å². The molecule has 1 saturated heterocycles. The smallest absolute Gasteiger partial charge is 0.0944 e. The van der Waals surface area contributed by atoms with Gasteiger partial charge in [0, 0.05) is 5.88 Å². The number of halogens is 3. The topological polar surface area (TPSA) is 32.8 Å². The average molecular weight is 222 g/mol. The van der Waals surface area contributed by atoms with Gasteiger partial charge >= 0.3 is 0 Å². The van der Waals surface area contributed by atoms with Gasteiger partial charge in [-0.05, 0) is 0 Å². The minimum atomic E-state index is -0.272. The molecule has 0 radical (unpaired) electrons. The lowest BCUT2D eigenvalue weighted by Crippen LogP contribution is -2.04. The highest BCUT2D eigenvalue weighted by Crippen LogP contribution is 2.08. The summed E-state index contributed by atoms with van der Waals surface area (Å²) in [5.41, 5.74) is 0. The lowest BCUT2D eigenvalue weighted by atomic mass is 10.5. The molecule has 0 aromatic rings. The third-order valence-electron chi connectivity index (χ3n) is 0.940. The molecule has 0 aliphatic carbocycles. The Hall–Kier alpha value is 0.790. The van der Waals surface area contributed by atoms with Gasteiger partial charge in [-0.2, -0.15) is 0 Å². The highest BCUT2D eigenvalue weighted by molar-refractivity contribution is 6.28. The van der Waals surface area contributed by atoms with E-state index in [0.717, 1.165) is 6.61 Å². The first-order valence-electron chi connectivity index (χ1n) is 3.23. The van der Waals surface area contributed by atoms with Crippen LogP contribution in [-0.4, -0.2) is 41.6 Å². The van der Waals surface area contributed by atoms with E-state index in [1.807, 2.05) is 0 Å². The Morgan fingerprint density at radius 2 is 2.09 bits per heavy atom. The fourth-order valence-corrected chi connectivity index (χ4v) is 0.482. The number of alkyl halides is 3. The van der Waals surface area contributed by atoms with Crippen LogP contribution in [0, 0.1) is 0 Å². The van der Waals surface area contributed by atoms with E-state index in [2.05, 4.69) is 0 Å². The normalized spacial score (nSPS) is 23.5. The van der Waals surface area contributed by atoms with E-state index < -0.39 is 0 Å². The van der Waals surface area contributed by atoms with E-state index in [1.54, 1.807) is 0 Å². The number of ether oxygens (including phenoxy) is 1. The van der Waals surface area contributed by atoms with Crippen LogP contribution in [-0.2, 0) is 4.74 Å². The molecule has 1 fully saturated rings. The molecular weight excluding hydrogens is 210 g/mol. The van der Waals surface area contributed by atoms with Crippen molar-refractivity contribution >= 4 is 34.8 Å². The van der Waals surface area contributed by atoms with Gasteiger partial charge in [0.05, 0.1) is 30.6 Å². The second-order valence-electron chi connectivity index (χ2n) is 2.04. The monoisotopic (exact) mass is 220 g/mol. The van der Waals surface area contributed by atoms with Crippen molar-refractivity contribution in [2.75, 3.05) is 25.0 Å². The van der Waals surface area contributed by atoms with Crippen LogP contribution in [0.1, 0.15) is 0 Å². The molecule has 0 saturated carbocycles. The molecule has 0 aromatic carbocycles. The maximum atomic E-state index is 8.12. The zero-order valence-corrected chi connectivity index (χ0v) is 8.24. The first-order valence-corrected chi connectivity index (χ1v) is 4.73. The number of hydrogen-bond acceptors (Lipinski definition) is 2. The predicted molar refractivity (Wildman–Crippen MR) is 47.9 cm³/mol. The van der Waals surface area contributed by atoms with Crippen molar-refractivity contribution in [3.8, 4) is 0 Å². The Labute approximate surface area is 81.4 Å². The Balaban J connectivity index is 0.000000183. The summed E-state index contributed by atoms with van der Waals surface area (Å²) in [6.07, 6.45) is 0.400. The molecule has 1 N–H and O–H groups in total. The van der Waals surface area contributed by atoms with Crippen molar-refractivity contribution in [1.29, 1.82) is 0 Å². The SMILES string of the molecule is ClC[C@H]1CO1.OC[C@H](Cl)CCl. The van der Waals surface area contributed by atoms with Crippen molar-refractivity contribution in [2.45, 2.75) is 11.5 Å². The Bertz CT molecular complexity index is 83.9. The molecule has 68 valence electrons. The van der Waals surface area contributed by atoms with Gasteiger partial charge in [0.2, 0.25) is 0 Å². The van der Waals surface area contributed by atoms with Gasteiger partial charge < -0.3 is 9.84 Å². The summed E-state index contributed by atoms with van der Waals surface area (Å²) < 4.78 is 4.73. The van der Waals surface area contributed by atoms with Crippen molar-refractivity contribution < 1.29 is 9.84 Å². The van der Waals surface area contributed by atoms with Crippen LogP contribution in [0.25, 0.3) is 0 Å². The molecule has 2 nitrogen and oxygen atoms in total. The predicted octanol–water partition coefficient (Wildman–Crippen LogP) is 1.45. The van der Waals surface area contributed by atoms with Crippen LogP contribution in [0.2, 0.25) is 0 Å². The highest BCUT2D eigenvalue weighted by Gasteiger charge is 2.19. The fraction of sp³-hybridized carbons (Fsp3) is 1.00. The van der Waals surface area contributed by atoms with Crippen LogP contribution >= 0.6 is 34.8 Å². The maximum Gasteiger partial charge on any atom is 0.0944 e. The first kappa shape index (κ1) is 11.8. The molecule has 0 aromatic heterocycles. The quantitative estimate of drug-likeness (QED) is 0.578. The lowest BCUT2D eigenvalue weighted by molar-refractivity contribution is 0.299. The lowest BCUT2D eigenvalue weighted by Gasteiger charge is -1.93. The number of hydrogen-bond donors (Lipinski definition) is 1. The van der Waals surface area contributed by atoms with Crippen molar-refractivity contribution in [3.05, 3.63) is 0 Å². The molecular formula is C6H11Cl3O2. The van der Waals surface area contributed by atoms with E-state index in [4.69, 9.17) is 44.6 Å². The van der Waals surface area contributed by atoms with Gasteiger partial charge in [-0.1, -0.05) is 0 Å². The molecule has 1 aliphatic heterocycles. The second-order valence-corrected chi connectivity index (χ2v) is 3.28. The van der Waals surface area contributed by atoms with Crippen molar-refractivity contribution in [1.82, 2.24) is 0 Å². The minimum Gasteiger partial charge on any atom is -0.395 e. The Morgan fingerprint density at radius 3 is 2.09 bits per heavy atom. The van der Waals surface area contributed by atoms with Crippen LogP contribution < -0.4 is 0 Å². The van der Waals surface area contributed by atoms with Crippen molar-refractivity contribution in [2.24, 2.45) is 0 Å². The summed E-state index contributed by atoms with van der Waals surface area (Å²) in [4.78, 5) is 0. The summed E-state index contributed by atoms with van der Waals surface area (Å²) >= 11 is 15.7. The van der Waals surface area contributed by atoms with Gasteiger partial charge in [-0.25, -0.2) is 0 Å². The number of aliphatic hydroxyl groups excluding tert-OH is 1. The molecule has 1 heterocycles. The second kappa shape index (κ2) is 7.44. The summed E-state index contributed by atoms with van der Waals surface area (Å²) in [7, 11) is 0. The number of rotatable bonds is 3. The van der Waals surface area contributed by atoms with E-state index in [1.165, 1.54) is 0 Å². The van der Waals surface area contributed by atoms with E-state index in [-0.39, 0.29) is 12.0 Å². The molecule has 5 heteroatoms.